The van der Waals surface area contributed by atoms with E-state index >= 15 is 0 Å². The Bertz CT molecular complexity index is 1150. The molecule has 0 radical (unpaired) electrons. The highest BCUT2D eigenvalue weighted by molar-refractivity contribution is 5.85. The summed E-state index contributed by atoms with van der Waals surface area (Å²) in [5, 5.41) is 8.86. The fourth-order valence-corrected chi connectivity index (χ4v) is 4.50. The van der Waals surface area contributed by atoms with Crippen LogP contribution in [0.4, 0.5) is 5.82 Å². The number of aromatic nitrogens is 2. The quantitative estimate of drug-likeness (QED) is 0.441. The molecule has 194 valence electrons. The van der Waals surface area contributed by atoms with E-state index in [1.165, 1.54) is 11.1 Å². The highest BCUT2D eigenvalue weighted by Crippen LogP contribution is 2.20. The first-order valence-corrected chi connectivity index (χ1v) is 13.1. The van der Waals surface area contributed by atoms with Gasteiger partial charge < -0.3 is 14.7 Å². The first kappa shape index (κ1) is 26.3. The van der Waals surface area contributed by atoms with Crippen molar-refractivity contribution in [2.75, 3.05) is 44.2 Å². The Morgan fingerprint density at radius 3 is 2.22 bits per heavy atom. The summed E-state index contributed by atoms with van der Waals surface area (Å²) in [5.74, 6) is 1.12. The van der Waals surface area contributed by atoms with E-state index in [-0.39, 0.29) is 24.3 Å². The predicted molar refractivity (Wildman–Crippen MR) is 147 cm³/mol. The molecule has 0 spiro atoms. The topological polar surface area (TPSA) is 69.6 Å². The van der Waals surface area contributed by atoms with E-state index in [1.807, 2.05) is 49.1 Å². The van der Waals surface area contributed by atoms with Crippen molar-refractivity contribution < 1.29 is 9.59 Å². The van der Waals surface area contributed by atoms with Gasteiger partial charge in [-0.25, -0.2) is 0 Å². The summed E-state index contributed by atoms with van der Waals surface area (Å²) in [4.78, 5) is 31.8. The van der Waals surface area contributed by atoms with Crippen LogP contribution in [-0.4, -0.2) is 71.1 Å². The number of piperazine rings is 1. The van der Waals surface area contributed by atoms with Gasteiger partial charge in [-0.1, -0.05) is 74.0 Å². The molecule has 0 saturated carbocycles. The molecule has 37 heavy (non-hydrogen) atoms. The summed E-state index contributed by atoms with van der Waals surface area (Å²) in [6.07, 6.45) is 1.19. The summed E-state index contributed by atoms with van der Waals surface area (Å²) in [5.41, 5.74) is 4.27. The first-order chi connectivity index (χ1) is 17.9. The Morgan fingerprint density at radius 1 is 0.892 bits per heavy atom. The lowest BCUT2D eigenvalue weighted by Gasteiger charge is -2.36. The lowest BCUT2D eigenvalue weighted by Crippen LogP contribution is -2.52. The highest BCUT2D eigenvalue weighted by atomic mass is 16.2. The number of carbonyl (C=O) groups excluding carboxylic acids is 2. The number of hydrogen-bond donors (Lipinski definition) is 0. The summed E-state index contributed by atoms with van der Waals surface area (Å²) < 4.78 is 0. The van der Waals surface area contributed by atoms with Crippen LogP contribution in [0.15, 0.2) is 66.7 Å². The number of amides is 2. The largest absolute Gasteiger partial charge is 0.352 e. The standard InChI is InChI=1S/C30H37N5O2/c1-23(2)21-29(36)35(16-15-25-7-5-4-6-8-25)22-30(37)34-19-17-33(18-20-34)28-14-13-27(31-32-28)26-11-9-24(3)10-12-26/h4-14,23H,15-22H2,1-3H3. The zero-order chi connectivity index (χ0) is 26.2. The van der Waals surface area contributed by atoms with E-state index in [0.29, 0.717) is 39.1 Å². The van der Waals surface area contributed by atoms with Crippen molar-refractivity contribution in [3.05, 3.63) is 77.9 Å². The van der Waals surface area contributed by atoms with Crippen LogP contribution in [0.3, 0.4) is 0 Å². The third-order valence-electron chi connectivity index (χ3n) is 6.73. The lowest BCUT2D eigenvalue weighted by molar-refractivity contribution is -0.141. The van der Waals surface area contributed by atoms with Gasteiger partial charge in [-0.3, -0.25) is 9.59 Å². The van der Waals surface area contributed by atoms with E-state index in [2.05, 4.69) is 58.4 Å². The van der Waals surface area contributed by atoms with Crippen LogP contribution < -0.4 is 4.90 Å². The van der Waals surface area contributed by atoms with Crippen LogP contribution in [0.5, 0.6) is 0 Å². The molecule has 7 nitrogen and oxygen atoms in total. The maximum Gasteiger partial charge on any atom is 0.242 e. The predicted octanol–water partition coefficient (Wildman–Crippen LogP) is 4.22. The van der Waals surface area contributed by atoms with E-state index in [0.717, 1.165) is 23.5 Å². The Balaban J connectivity index is 1.32. The number of rotatable bonds is 9. The molecule has 4 rings (SSSR count). The first-order valence-electron chi connectivity index (χ1n) is 13.1. The van der Waals surface area contributed by atoms with Gasteiger partial charge in [0, 0.05) is 44.7 Å². The highest BCUT2D eigenvalue weighted by Gasteiger charge is 2.25. The number of carbonyl (C=O) groups is 2. The van der Waals surface area contributed by atoms with Crippen molar-refractivity contribution in [1.29, 1.82) is 0 Å². The summed E-state index contributed by atoms with van der Waals surface area (Å²) in [7, 11) is 0. The molecule has 2 amide bonds. The van der Waals surface area contributed by atoms with Crippen LogP contribution in [0, 0.1) is 12.8 Å². The summed E-state index contributed by atoms with van der Waals surface area (Å²) in [6, 6.07) is 22.3. The van der Waals surface area contributed by atoms with Gasteiger partial charge in [0.2, 0.25) is 11.8 Å². The molecule has 3 aromatic rings. The molecule has 2 aromatic carbocycles. The molecule has 0 atom stereocenters. The van der Waals surface area contributed by atoms with Crippen molar-refractivity contribution in [3.63, 3.8) is 0 Å². The minimum absolute atomic E-state index is 0.00520. The van der Waals surface area contributed by atoms with Crippen molar-refractivity contribution in [1.82, 2.24) is 20.0 Å². The zero-order valence-corrected chi connectivity index (χ0v) is 22.1. The lowest BCUT2D eigenvalue weighted by atomic mass is 10.1. The van der Waals surface area contributed by atoms with E-state index in [4.69, 9.17) is 0 Å². The van der Waals surface area contributed by atoms with E-state index in [1.54, 1.807) is 4.90 Å². The average Bonchev–Trinajstić information content (AvgIpc) is 2.91. The van der Waals surface area contributed by atoms with Crippen molar-refractivity contribution in [2.45, 2.75) is 33.6 Å². The second kappa shape index (κ2) is 12.5. The van der Waals surface area contributed by atoms with Crippen molar-refractivity contribution in [2.24, 2.45) is 5.92 Å². The van der Waals surface area contributed by atoms with Crippen molar-refractivity contribution >= 4 is 17.6 Å². The molecule has 0 unspecified atom stereocenters. The minimum atomic E-state index is 0.00520. The van der Waals surface area contributed by atoms with Gasteiger partial charge in [-0.05, 0) is 37.0 Å². The van der Waals surface area contributed by atoms with Gasteiger partial charge >= 0.3 is 0 Å². The molecule has 1 fully saturated rings. The summed E-state index contributed by atoms with van der Waals surface area (Å²) >= 11 is 0. The monoisotopic (exact) mass is 499 g/mol. The number of anilines is 1. The van der Waals surface area contributed by atoms with Crippen LogP contribution in [-0.2, 0) is 16.0 Å². The van der Waals surface area contributed by atoms with Crippen LogP contribution in [0.25, 0.3) is 11.3 Å². The van der Waals surface area contributed by atoms with E-state index < -0.39 is 0 Å². The zero-order valence-electron chi connectivity index (χ0n) is 22.1. The Hall–Kier alpha value is -3.74. The number of hydrogen-bond acceptors (Lipinski definition) is 5. The molecule has 1 saturated heterocycles. The molecular formula is C30H37N5O2. The third kappa shape index (κ3) is 7.38. The van der Waals surface area contributed by atoms with E-state index in [9.17, 15) is 9.59 Å². The van der Waals surface area contributed by atoms with Gasteiger partial charge in [0.05, 0.1) is 12.2 Å². The van der Waals surface area contributed by atoms with Crippen molar-refractivity contribution in [3.8, 4) is 11.3 Å². The van der Waals surface area contributed by atoms with Gasteiger partial charge in [-0.2, -0.15) is 0 Å². The van der Waals surface area contributed by atoms with Gasteiger partial charge in [0.15, 0.2) is 5.82 Å². The number of benzene rings is 2. The second-order valence-corrected chi connectivity index (χ2v) is 10.2. The van der Waals surface area contributed by atoms with Gasteiger partial charge in [-0.15, -0.1) is 10.2 Å². The minimum Gasteiger partial charge on any atom is -0.352 e. The third-order valence-corrected chi connectivity index (χ3v) is 6.73. The molecule has 7 heteroatoms. The Morgan fingerprint density at radius 2 is 1.59 bits per heavy atom. The molecule has 1 aromatic heterocycles. The van der Waals surface area contributed by atoms with Gasteiger partial charge in [0.1, 0.15) is 0 Å². The Labute approximate surface area is 220 Å². The molecular weight excluding hydrogens is 462 g/mol. The molecule has 0 N–H and O–H groups in total. The molecule has 1 aliphatic rings. The SMILES string of the molecule is Cc1ccc(-c2ccc(N3CCN(C(=O)CN(CCc4ccccc4)C(=O)CC(C)C)CC3)nn2)cc1. The van der Waals surface area contributed by atoms with Crippen LogP contribution in [0.2, 0.25) is 0 Å². The summed E-state index contributed by atoms with van der Waals surface area (Å²) in [6.45, 7) is 9.39. The average molecular weight is 500 g/mol. The maximum atomic E-state index is 13.2. The van der Waals surface area contributed by atoms with Crippen LogP contribution in [0.1, 0.15) is 31.4 Å². The van der Waals surface area contributed by atoms with Gasteiger partial charge in [0.25, 0.3) is 0 Å². The number of aryl methyl sites for hydroxylation is 1. The molecule has 2 heterocycles. The smallest absolute Gasteiger partial charge is 0.242 e. The fraction of sp³-hybridized carbons (Fsp3) is 0.400. The fourth-order valence-electron chi connectivity index (χ4n) is 4.50. The maximum absolute atomic E-state index is 13.2. The second-order valence-electron chi connectivity index (χ2n) is 10.2. The molecule has 1 aliphatic heterocycles. The van der Waals surface area contributed by atoms with Crippen LogP contribution >= 0.6 is 0 Å². The Kier molecular flexibility index (Phi) is 8.88. The molecule has 0 aliphatic carbocycles. The molecule has 0 bridgehead atoms. The normalized spacial score (nSPS) is 13.6. The number of nitrogens with zero attached hydrogens (tertiary/aromatic N) is 5.